The summed E-state index contributed by atoms with van der Waals surface area (Å²) < 4.78 is 23.4. The van der Waals surface area contributed by atoms with Gasteiger partial charge in [0, 0.05) is 10.1 Å². The van der Waals surface area contributed by atoms with Crippen LogP contribution in [0, 0.1) is 3.57 Å². The summed E-state index contributed by atoms with van der Waals surface area (Å²) in [4.78, 5) is 0.0933. The standard InChI is InChI=1S/C14H14IN3O2S2/c15-12-3-1-2-4-13(12)18-14(21)17-9-10-5-7-11(8-6-10)22(16,19)20/h1-8H,9H2,(H2,16,19,20)(H2,17,18,21). The number of benzene rings is 2. The second kappa shape index (κ2) is 7.36. The van der Waals surface area contributed by atoms with E-state index in [1.165, 1.54) is 12.1 Å². The molecule has 0 aliphatic carbocycles. The smallest absolute Gasteiger partial charge is 0.238 e. The Morgan fingerprint density at radius 2 is 1.77 bits per heavy atom. The number of hydrogen-bond acceptors (Lipinski definition) is 3. The summed E-state index contributed by atoms with van der Waals surface area (Å²) >= 11 is 7.46. The maximum Gasteiger partial charge on any atom is 0.238 e. The van der Waals surface area contributed by atoms with E-state index in [1.54, 1.807) is 12.1 Å². The lowest BCUT2D eigenvalue weighted by Crippen LogP contribution is -2.28. The Morgan fingerprint density at radius 1 is 1.14 bits per heavy atom. The summed E-state index contributed by atoms with van der Waals surface area (Å²) in [5.41, 5.74) is 1.84. The van der Waals surface area contributed by atoms with Gasteiger partial charge >= 0.3 is 0 Å². The van der Waals surface area contributed by atoms with E-state index < -0.39 is 10.0 Å². The Kier molecular flexibility index (Phi) is 5.73. The maximum atomic E-state index is 11.2. The van der Waals surface area contributed by atoms with Gasteiger partial charge in [-0.2, -0.15) is 0 Å². The van der Waals surface area contributed by atoms with E-state index in [9.17, 15) is 8.42 Å². The number of halogens is 1. The fourth-order valence-electron chi connectivity index (χ4n) is 1.71. The summed E-state index contributed by atoms with van der Waals surface area (Å²) in [5, 5.41) is 11.7. The number of nitrogens with one attached hydrogen (secondary N) is 2. The first-order valence-corrected chi connectivity index (χ1v) is 9.31. The van der Waals surface area contributed by atoms with Crippen LogP contribution in [0.25, 0.3) is 0 Å². The number of sulfonamides is 1. The zero-order valence-corrected chi connectivity index (χ0v) is 15.2. The third-order valence-electron chi connectivity index (χ3n) is 2.83. The van der Waals surface area contributed by atoms with Crippen molar-refractivity contribution in [2.75, 3.05) is 5.32 Å². The average molecular weight is 447 g/mol. The molecule has 0 bridgehead atoms. The van der Waals surface area contributed by atoms with Crippen LogP contribution in [-0.4, -0.2) is 13.5 Å². The van der Waals surface area contributed by atoms with Crippen molar-refractivity contribution in [1.29, 1.82) is 0 Å². The number of para-hydroxylation sites is 1. The van der Waals surface area contributed by atoms with E-state index in [0.29, 0.717) is 11.7 Å². The van der Waals surface area contributed by atoms with Crippen LogP contribution in [0.5, 0.6) is 0 Å². The first-order valence-electron chi connectivity index (χ1n) is 6.27. The van der Waals surface area contributed by atoms with Crippen LogP contribution in [0.4, 0.5) is 5.69 Å². The molecule has 0 heterocycles. The van der Waals surface area contributed by atoms with Crippen LogP contribution >= 0.6 is 34.8 Å². The summed E-state index contributed by atoms with van der Waals surface area (Å²) in [5.74, 6) is 0. The lowest BCUT2D eigenvalue weighted by molar-refractivity contribution is 0.597. The third-order valence-corrected chi connectivity index (χ3v) is 4.94. The topological polar surface area (TPSA) is 84.2 Å². The van der Waals surface area contributed by atoms with E-state index in [2.05, 4.69) is 33.2 Å². The highest BCUT2D eigenvalue weighted by Crippen LogP contribution is 2.16. The van der Waals surface area contributed by atoms with Crippen molar-refractivity contribution in [2.45, 2.75) is 11.4 Å². The summed E-state index contributed by atoms with van der Waals surface area (Å²) in [6.45, 7) is 0.486. The second-order valence-corrected chi connectivity index (χ2v) is 7.61. The van der Waals surface area contributed by atoms with Gasteiger partial charge in [-0.05, 0) is 64.6 Å². The summed E-state index contributed by atoms with van der Waals surface area (Å²) in [6, 6.07) is 14.2. The van der Waals surface area contributed by atoms with E-state index in [-0.39, 0.29) is 4.90 Å². The normalized spacial score (nSPS) is 11.0. The fourth-order valence-corrected chi connectivity index (χ4v) is 2.93. The first-order chi connectivity index (χ1) is 10.4. The minimum Gasteiger partial charge on any atom is -0.358 e. The van der Waals surface area contributed by atoms with E-state index >= 15 is 0 Å². The van der Waals surface area contributed by atoms with Gasteiger partial charge in [-0.1, -0.05) is 24.3 Å². The molecule has 8 heteroatoms. The van der Waals surface area contributed by atoms with E-state index in [1.807, 2.05) is 24.3 Å². The Labute approximate surface area is 148 Å². The largest absolute Gasteiger partial charge is 0.358 e. The Hall–Kier alpha value is -1.23. The number of anilines is 1. The number of primary sulfonamides is 1. The van der Waals surface area contributed by atoms with Crippen LogP contribution in [-0.2, 0) is 16.6 Å². The number of rotatable bonds is 4. The van der Waals surface area contributed by atoms with Crippen molar-refractivity contribution in [2.24, 2.45) is 5.14 Å². The average Bonchev–Trinajstić information content (AvgIpc) is 2.47. The molecule has 0 aliphatic heterocycles. The molecular formula is C14H14IN3O2S2. The highest BCUT2D eigenvalue weighted by atomic mass is 127. The zero-order valence-electron chi connectivity index (χ0n) is 11.4. The monoisotopic (exact) mass is 447 g/mol. The molecule has 0 aliphatic rings. The first kappa shape index (κ1) is 17.1. The number of thiocarbonyl (C=S) groups is 1. The molecule has 2 rings (SSSR count). The molecule has 0 spiro atoms. The molecule has 116 valence electrons. The molecule has 0 aromatic heterocycles. The molecule has 0 saturated carbocycles. The minimum absolute atomic E-state index is 0.0933. The van der Waals surface area contributed by atoms with Gasteiger partial charge in [0.2, 0.25) is 10.0 Å². The molecule has 0 saturated heterocycles. The number of hydrogen-bond donors (Lipinski definition) is 3. The molecular weight excluding hydrogens is 433 g/mol. The van der Waals surface area contributed by atoms with Crippen molar-refractivity contribution in [3.05, 3.63) is 57.7 Å². The van der Waals surface area contributed by atoms with Gasteiger partial charge in [0.05, 0.1) is 10.6 Å². The highest BCUT2D eigenvalue weighted by Gasteiger charge is 2.07. The highest BCUT2D eigenvalue weighted by molar-refractivity contribution is 14.1. The quantitative estimate of drug-likeness (QED) is 0.496. The molecule has 0 atom stereocenters. The minimum atomic E-state index is -3.66. The lowest BCUT2D eigenvalue weighted by atomic mass is 10.2. The van der Waals surface area contributed by atoms with Gasteiger partial charge < -0.3 is 10.6 Å². The van der Waals surface area contributed by atoms with Crippen molar-refractivity contribution >= 4 is 55.6 Å². The van der Waals surface area contributed by atoms with E-state index in [4.69, 9.17) is 17.4 Å². The Balaban J connectivity index is 1.93. The van der Waals surface area contributed by atoms with Gasteiger partial charge in [0.1, 0.15) is 0 Å². The lowest BCUT2D eigenvalue weighted by Gasteiger charge is -2.12. The zero-order chi connectivity index (χ0) is 16.2. The number of nitrogens with two attached hydrogens (primary N) is 1. The van der Waals surface area contributed by atoms with Crippen LogP contribution in [0.2, 0.25) is 0 Å². The van der Waals surface area contributed by atoms with Crippen molar-refractivity contribution < 1.29 is 8.42 Å². The predicted molar refractivity (Wildman–Crippen MR) is 100 cm³/mol. The van der Waals surface area contributed by atoms with Gasteiger partial charge in [-0.3, -0.25) is 0 Å². The second-order valence-electron chi connectivity index (χ2n) is 4.48. The molecule has 0 fully saturated rings. The van der Waals surface area contributed by atoms with Crippen LogP contribution in [0.15, 0.2) is 53.4 Å². The molecule has 2 aromatic rings. The maximum absolute atomic E-state index is 11.2. The molecule has 0 unspecified atom stereocenters. The van der Waals surface area contributed by atoms with Gasteiger partial charge in [-0.25, -0.2) is 13.6 Å². The van der Waals surface area contributed by atoms with Gasteiger partial charge in [-0.15, -0.1) is 0 Å². The molecule has 4 N–H and O–H groups in total. The van der Waals surface area contributed by atoms with E-state index in [0.717, 1.165) is 14.8 Å². The third kappa shape index (κ3) is 4.90. The summed E-state index contributed by atoms with van der Waals surface area (Å²) in [6.07, 6.45) is 0. The molecule has 0 amide bonds. The van der Waals surface area contributed by atoms with Gasteiger partial charge in [0.25, 0.3) is 0 Å². The van der Waals surface area contributed by atoms with Crippen molar-refractivity contribution in [3.63, 3.8) is 0 Å². The molecule has 2 aromatic carbocycles. The molecule has 5 nitrogen and oxygen atoms in total. The van der Waals surface area contributed by atoms with Crippen LogP contribution in [0.3, 0.4) is 0 Å². The predicted octanol–water partition coefficient (Wildman–Crippen LogP) is 2.43. The Morgan fingerprint density at radius 3 is 2.36 bits per heavy atom. The fraction of sp³-hybridized carbons (Fsp3) is 0.0714. The molecule has 22 heavy (non-hydrogen) atoms. The van der Waals surface area contributed by atoms with Crippen LogP contribution in [0.1, 0.15) is 5.56 Å². The SMILES string of the molecule is NS(=O)(=O)c1ccc(CNC(=S)Nc2ccccc2I)cc1. The summed E-state index contributed by atoms with van der Waals surface area (Å²) in [7, 11) is -3.66. The van der Waals surface area contributed by atoms with Crippen molar-refractivity contribution in [3.8, 4) is 0 Å². The Bertz CT molecular complexity index is 777. The van der Waals surface area contributed by atoms with Gasteiger partial charge in [0.15, 0.2) is 5.11 Å². The van der Waals surface area contributed by atoms with Crippen molar-refractivity contribution in [1.82, 2.24) is 5.32 Å². The van der Waals surface area contributed by atoms with Crippen LogP contribution < -0.4 is 15.8 Å². The molecule has 0 radical (unpaired) electrons.